The molecule has 3 N–H and O–H groups in total. The number of benzene rings is 1. The summed E-state index contributed by atoms with van der Waals surface area (Å²) in [5.74, 6) is -0.419. The average molecular weight is 371 g/mol. The maximum Gasteiger partial charge on any atom is 0.418 e. The second kappa shape index (κ2) is 8.42. The molecule has 0 aromatic heterocycles. The molecule has 1 aliphatic rings. The normalized spacial score (nSPS) is 20.3. The third-order valence-electron chi connectivity index (χ3n) is 4.54. The van der Waals surface area contributed by atoms with Crippen LogP contribution in [0, 0.1) is 5.92 Å². The fraction of sp³-hybridized carbons (Fsp3) is 0.556. The quantitative estimate of drug-likeness (QED) is 0.738. The van der Waals surface area contributed by atoms with E-state index in [2.05, 4.69) is 22.9 Å². The molecule has 0 spiro atoms. The van der Waals surface area contributed by atoms with Gasteiger partial charge in [-0.3, -0.25) is 9.59 Å². The lowest BCUT2D eigenvalue weighted by molar-refractivity contribution is -0.137. The van der Waals surface area contributed by atoms with Crippen LogP contribution in [0.25, 0.3) is 0 Å². The maximum atomic E-state index is 13.3. The molecule has 0 bridgehead atoms. The molecule has 1 aromatic carbocycles. The van der Waals surface area contributed by atoms with Gasteiger partial charge in [0.15, 0.2) is 0 Å². The van der Waals surface area contributed by atoms with E-state index in [0.29, 0.717) is 5.92 Å². The van der Waals surface area contributed by atoms with E-state index in [0.717, 1.165) is 31.7 Å². The van der Waals surface area contributed by atoms with Gasteiger partial charge in [0.25, 0.3) is 0 Å². The molecule has 2 rings (SSSR count). The molecule has 144 valence electrons. The zero-order chi connectivity index (χ0) is 19.3. The lowest BCUT2D eigenvalue weighted by Gasteiger charge is -2.29. The molecule has 1 saturated carbocycles. The second-order valence-corrected chi connectivity index (χ2v) is 6.73. The summed E-state index contributed by atoms with van der Waals surface area (Å²) in [4.78, 5) is 23.1. The van der Waals surface area contributed by atoms with Crippen molar-refractivity contribution in [3.05, 3.63) is 23.8 Å². The standard InChI is InChI=1S/C18H24F3N3O2/c1-11-5-3-4-6-15(11)24-17(26)10-22-16-8-7-13(23-12(2)25)9-14(16)18(19,20)21/h7-9,11,15,22H,3-6,10H2,1-2H3,(H,23,25)(H,24,26)/t11-,15+/m1/s1. The van der Waals surface area contributed by atoms with Gasteiger partial charge in [-0.15, -0.1) is 0 Å². The molecule has 0 aliphatic heterocycles. The van der Waals surface area contributed by atoms with Crippen molar-refractivity contribution in [2.24, 2.45) is 5.92 Å². The SMILES string of the molecule is CC(=O)Nc1ccc(NCC(=O)N[C@H]2CCCC[C@H]2C)c(C(F)(F)F)c1. The highest BCUT2D eigenvalue weighted by Gasteiger charge is 2.34. The van der Waals surface area contributed by atoms with Gasteiger partial charge in [0.2, 0.25) is 11.8 Å². The van der Waals surface area contributed by atoms with Crippen LogP contribution in [0.4, 0.5) is 24.5 Å². The van der Waals surface area contributed by atoms with Crippen LogP contribution in [0.2, 0.25) is 0 Å². The summed E-state index contributed by atoms with van der Waals surface area (Å²) in [7, 11) is 0. The summed E-state index contributed by atoms with van der Waals surface area (Å²) in [6.45, 7) is 3.04. The Morgan fingerprint density at radius 2 is 1.88 bits per heavy atom. The summed E-state index contributed by atoms with van der Waals surface area (Å²) in [6, 6.07) is 3.50. The first-order valence-electron chi connectivity index (χ1n) is 8.69. The number of amides is 2. The monoisotopic (exact) mass is 371 g/mol. The minimum absolute atomic E-state index is 0.0517. The minimum atomic E-state index is -4.61. The van der Waals surface area contributed by atoms with Gasteiger partial charge < -0.3 is 16.0 Å². The van der Waals surface area contributed by atoms with E-state index < -0.39 is 17.6 Å². The Balaban J connectivity index is 2.03. The van der Waals surface area contributed by atoms with Crippen LogP contribution in [0.1, 0.15) is 45.1 Å². The van der Waals surface area contributed by atoms with E-state index in [9.17, 15) is 22.8 Å². The maximum absolute atomic E-state index is 13.3. The number of rotatable bonds is 5. The van der Waals surface area contributed by atoms with E-state index in [1.807, 2.05) is 0 Å². The molecule has 2 amide bonds. The van der Waals surface area contributed by atoms with Crippen molar-refractivity contribution in [3.8, 4) is 0 Å². The van der Waals surface area contributed by atoms with Crippen LogP contribution in [0.5, 0.6) is 0 Å². The molecule has 2 atom stereocenters. The predicted octanol–water partition coefficient (Wildman–Crippen LogP) is 3.77. The van der Waals surface area contributed by atoms with Gasteiger partial charge in [-0.1, -0.05) is 19.8 Å². The number of hydrogen-bond donors (Lipinski definition) is 3. The molecular weight excluding hydrogens is 347 g/mol. The minimum Gasteiger partial charge on any atom is -0.376 e. The van der Waals surface area contributed by atoms with Crippen LogP contribution in [0.15, 0.2) is 18.2 Å². The molecule has 0 radical (unpaired) electrons. The topological polar surface area (TPSA) is 70.2 Å². The van der Waals surface area contributed by atoms with Crippen molar-refractivity contribution < 1.29 is 22.8 Å². The van der Waals surface area contributed by atoms with Gasteiger partial charge in [0, 0.05) is 24.3 Å². The molecule has 0 unspecified atom stereocenters. The van der Waals surface area contributed by atoms with Crippen LogP contribution in [0.3, 0.4) is 0 Å². The smallest absolute Gasteiger partial charge is 0.376 e. The van der Waals surface area contributed by atoms with E-state index in [1.54, 1.807) is 0 Å². The number of hydrogen-bond acceptors (Lipinski definition) is 3. The van der Waals surface area contributed by atoms with Crippen LogP contribution < -0.4 is 16.0 Å². The predicted molar refractivity (Wildman–Crippen MR) is 93.8 cm³/mol. The van der Waals surface area contributed by atoms with Gasteiger partial charge in [0.1, 0.15) is 0 Å². The highest BCUT2D eigenvalue weighted by atomic mass is 19.4. The van der Waals surface area contributed by atoms with Gasteiger partial charge in [0.05, 0.1) is 12.1 Å². The summed E-state index contributed by atoms with van der Waals surface area (Å²) < 4.78 is 39.8. The summed E-state index contributed by atoms with van der Waals surface area (Å²) in [5.41, 5.74) is -1.07. The third-order valence-corrected chi connectivity index (χ3v) is 4.54. The highest BCUT2D eigenvalue weighted by molar-refractivity contribution is 5.89. The lowest BCUT2D eigenvalue weighted by Crippen LogP contribution is -2.43. The van der Waals surface area contributed by atoms with Crippen molar-refractivity contribution in [2.45, 2.75) is 51.7 Å². The second-order valence-electron chi connectivity index (χ2n) is 6.73. The van der Waals surface area contributed by atoms with Crippen LogP contribution in [-0.2, 0) is 15.8 Å². The summed E-state index contributed by atoms with van der Waals surface area (Å²) in [5, 5.41) is 7.78. The number of anilines is 2. The molecule has 8 heteroatoms. The van der Waals surface area contributed by atoms with Crippen molar-refractivity contribution in [3.63, 3.8) is 0 Å². The van der Waals surface area contributed by atoms with Gasteiger partial charge >= 0.3 is 6.18 Å². The van der Waals surface area contributed by atoms with Crippen molar-refractivity contribution in [2.75, 3.05) is 17.2 Å². The Labute approximate surface area is 150 Å². The summed E-state index contributed by atoms with van der Waals surface area (Å²) in [6.07, 6.45) is -0.481. The first kappa shape index (κ1) is 20.1. The molecule has 1 fully saturated rings. The zero-order valence-corrected chi connectivity index (χ0v) is 14.9. The number of carbonyl (C=O) groups excluding carboxylic acids is 2. The van der Waals surface area contributed by atoms with Gasteiger partial charge in [-0.2, -0.15) is 13.2 Å². The first-order chi connectivity index (χ1) is 12.2. The number of halogens is 3. The third kappa shape index (κ3) is 5.64. The van der Waals surface area contributed by atoms with E-state index in [-0.39, 0.29) is 29.9 Å². The Bertz CT molecular complexity index is 662. The van der Waals surface area contributed by atoms with Crippen molar-refractivity contribution >= 4 is 23.2 Å². The molecule has 5 nitrogen and oxygen atoms in total. The van der Waals surface area contributed by atoms with E-state index >= 15 is 0 Å². The zero-order valence-electron chi connectivity index (χ0n) is 14.9. The average Bonchev–Trinajstić information content (AvgIpc) is 2.54. The van der Waals surface area contributed by atoms with E-state index in [1.165, 1.54) is 19.1 Å². The first-order valence-corrected chi connectivity index (χ1v) is 8.69. The Morgan fingerprint density at radius 3 is 2.50 bits per heavy atom. The molecule has 26 heavy (non-hydrogen) atoms. The molecule has 0 saturated heterocycles. The van der Waals surface area contributed by atoms with Gasteiger partial charge in [-0.05, 0) is 37.0 Å². The molecule has 0 heterocycles. The van der Waals surface area contributed by atoms with E-state index in [4.69, 9.17) is 0 Å². The Hall–Kier alpha value is -2.25. The number of nitrogens with one attached hydrogen (secondary N) is 3. The van der Waals surface area contributed by atoms with Crippen LogP contribution >= 0.6 is 0 Å². The largest absolute Gasteiger partial charge is 0.418 e. The Kier molecular flexibility index (Phi) is 6.50. The Morgan fingerprint density at radius 1 is 1.19 bits per heavy atom. The molecule has 1 aliphatic carbocycles. The lowest BCUT2D eigenvalue weighted by atomic mass is 9.86. The number of alkyl halides is 3. The van der Waals surface area contributed by atoms with Crippen LogP contribution in [-0.4, -0.2) is 24.4 Å². The highest BCUT2D eigenvalue weighted by Crippen LogP contribution is 2.36. The summed E-state index contributed by atoms with van der Waals surface area (Å²) >= 11 is 0. The fourth-order valence-corrected chi connectivity index (χ4v) is 3.18. The number of carbonyl (C=O) groups is 2. The molecular formula is C18H24F3N3O2. The fourth-order valence-electron chi connectivity index (χ4n) is 3.18. The van der Waals surface area contributed by atoms with Gasteiger partial charge in [-0.25, -0.2) is 0 Å². The molecule has 1 aromatic rings. The van der Waals surface area contributed by atoms with Crippen molar-refractivity contribution in [1.29, 1.82) is 0 Å². The van der Waals surface area contributed by atoms with Crippen molar-refractivity contribution in [1.82, 2.24) is 5.32 Å².